The molecule has 0 aromatic carbocycles. The van der Waals surface area contributed by atoms with E-state index < -0.39 is 0 Å². The molecule has 0 saturated heterocycles. The molecule has 0 saturated carbocycles. The second-order valence-electron chi connectivity index (χ2n) is 3.62. The number of unbranched alkanes of at least 4 members (excludes halogenated alkanes) is 1. The van der Waals surface area contributed by atoms with Gasteiger partial charge in [0.15, 0.2) is 0 Å². The van der Waals surface area contributed by atoms with Gasteiger partial charge in [0, 0.05) is 13.0 Å². The van der Waals surface area contributed by atoms with Gasteiger partial charge in [-0.05, 0) is 24.3 Å². The van der Waals surface area contributed by atoms with Crippen LogP contribution in [0.15, 0.2) is 16.6 Å². The zero-order chi connectivity index (χ0) is 13.4. The average Bonchev–Trinajstić information content (AvgIpc) is 2.86. The second kappa shape index (κ2) is 7.54. The molecule has 1 aromatic rings. The van der Waals surface area contributed by atoms with E-state index in [-0.39, 0.29) is 11.7 Å². The molecule has 0 radical (unpaired) electrons. The van der Waals surface area contributed by atoms with E-state index in [4.69, 9.17) is 15.7 Å². The highest BCUT2D eigenvalue weighted by Gasteiger charge is 2.12. The van der Waals surface area contributed by atoms with Gasteiger partial charge in [-0.2, -0.15) is 0 Å². The number of thiophene rings is 1. The average molecular weight is 271 g/mol. The van der Waals surface area contributed by atoms with Crippen LogP contribution in [0.5, 0.6) is 5.75 Å². The standard InChI is InChI=1S/C11H17N3O3S/c1-17-8-5-7-18-10(8)11(15)13-6-3-2-4-9(12)14-16/h5,7,16H,2-4,6H2,1H3,(H2,12,14)(H,13,15). The molecule has 0 fully saturated rings. The van der Waals surface area contributed by atoms with Gasteiger partial charge in [0.2, 0.25) is 0 Å². The first-order valence-electron chi connectivity index (χ1n) is 5.55. The lowest BCUT2D eigenvalue weighted by atomic mass is 10.2. The number of rotatable bonds is 7. The lowest BCUT2D eigenvalue weighted by Crippen LogP contribution is -2.24. The number of nitrogens with one attached hydrogen (secondary N) is 1. The van der Waals surface area contributed by atoms with E-state index in [9.17, 15) is 4.79 Å². The summed E-state index contributed by atoms with van der Waals surface area (Å²) in [4.78, 5) is 12.3. The molecule has 7 heteroatoms. The van der Waals surface area contributed by atoms with Gasteiger partial charge < -0.3 is 21.0 Å². The summed E-state index contributed by atoms with van der Waals surface area (Å²) in [6, 6.07) is 1.76. The van der Waals surface area contributed by atoms with Gasteiger partial charge in [-0.1, -0.05) is 5.16 Å². The minimum Gasteiger partial charge on any atom is -0.495 e. The third kappa shape index (κ3) is 4.25. The first-order valence-corrected chi connectivity index (χ1v) is 6.43. The monoisotopic (exact) mass is 271 g/mol. The Labute approximate surface area is 109 Å². The molecule has 0 atom stereocenters. The molecule has 0 aliphatic rings. The van der Waals surface area contributed by atoms with E-state index in [1.165, 1.54) is 18.4 Å². The van der Waals surface area contributed by atoms with E-state index in [0.717, 1.165) is 12.8 Å². The van der Waals surface area contributed by atoms with Gasteiger partial charge in [0.1, 0.15) is 16.5 Å². The van der Waals surface area contributed by atoms with Gasteiger partial charge in [-0.15, -0.1) is 11.3 Å². The number of ether oxygens (including phenoxy) is 1. The SMILES string of the molecule is COc1ccsc1C(=O)NCCCC/C(N)=N/O. The first-order chi connectivity index (χ1) is 8.69. The molecule has 0 aliphatic heterocycles. The molecule has 1 aromatic heterocycles. The molecule has 18 heavy (non-hydrogen) atoms. The van der Waals surface area contributed by atoms with E-state index in [0.29, 0.717) is 23.6 Å². The number of hydrogen-bond donors (Lipinski definition) is 3. The fraction of sp³-hybridized carbons (Fsp3) is 0.455. The zero-order valence-corrected chi connectivity index (χ0v) is 11.0. The smallest absolute Gasteiger partial charge is 0.265 e. The summed E-state index contributed by atoms with van der Waals surface area (Å²) >= 11 is 1.35. The molecular weight excluding hydrogens is 254 g/mol. The summed E-state index contributed by atoms with van der Waals surface area (Å²) in [5.74, 6) is 0.668. The summed E-state index contributed by atoms with van der Waals surface area (Å²) in [6.45, 7) is 0.554. The van der Waals surface area contributed by atoms with Crippen LogP contribution in [-0.4, -0.2) is 30.6 Å². The number of oxime groups is 1. The zero-order valence-electron chi connectivity index (χ0n) is 10.2. The number of nitrogens with two attached hydrogens (primary N) is 1. The Morgan fingerprint density at radius 1 is 1.61 bits per heavy atom. The van der Waals surface area contributed by atoms with Crippen molar-refractivity contribution in [1.82, 2.24) is 5.32 Å². The highest BCUT2D eigenvalue weighted by Crippen LogP contribution is 2.23. The molecule has 0 bridgehead atoms. The Hall–Kier alpha value is -1.76. The van der Waals surface area contributed by atoms with Crippen molar-refractivity contribution in [3.63, 3.8) is 0 Å². The first kappa shape index (κ1) is 14.3. The number of hydrogen-bond acceptors (Lipinski definition) is 5. The number of carbonyl (C=O) groups is 1. The number of amidine groups is 1. The largest absolute Gasteiger partial charge is 0.495 e. The van der Waals surface area contributed by atoms with Crippen LogP contribution >= 0.6 is 11.3 Å². The topological polar surface area (TPSA) is 96.9 Å². The molecule has 0 spiro atoms. The molecular formula is C11H17N3O3S. The fourth-order valence-electron chi connectivity index (χ4n) is 1.39. The minimum atomic E-state index is -0.134. The van der Waals surface area contributed by atoms with Gasteiger partial charge in [0.25, 0.3) is 5.91 Å². The van der Waals surface area contributed by atoms with Crippen molar-refractivity contribution in [3.8, 4) is 5.75 Å². The summed E-state index contributed by atoms with van der Waals surface area (Å²) < 4.78 is 5.07. The van der Waals surface area contributed by atoms with Crippen LogP contribution in [0.3, 0.4) is 0 Å². The van der Waals surface area contributed by atoms with Crippen molar-refractivity contribution in [2.24, 2.45) is 10.9 Å². The minimum absolute atomic E-state index is 0.134. The van der Waals surface area contributed by atoms with Gasteiger partial charge in [-0.25, -0.2) is 0 Å². The summed E-state index contributed by atoms with van der Waals surface area (Å²) in [6.07, 6.45) is 2.06. The van der Waals surface area contributed by atoms with Crippen LogP contribution < -0.4 is 15.8 Å². The molecule has 1 rings (SSSR count). The highest BCUT2D eigenvalue weighted by atomic mass is 32.1. The molecule has 6 nitrogen and oxygen atoms in total. The Kier molecular flexibility index (Phi) is 5.99. The van der Waals surface area contributed by atoms with Crippen LogP contribution in [0.4, 0.5) is 0 Å². The van der Waals surface area contributed by atoms with E-state index in [1.807, 2.05) is 5.38 Å². The lowest BCUT2D eigenvalue weighted by molar-refractivity contribution is 0.0954. The number of amides is 1. The van der Waals surface area contributed by atoms with E-state index in [1.54, 1.807) is 6.07 Å². The number of carbonyl (C=O) groups excluding carboxylic acids is 1. The Morgan fingerprint density at radius 3 is 3.06 bits per heavy atom. The lowest BCUT2D eigenvalue weighted by Gasteiger charge is -2.05. The highest BCUT2D eigenvalue weighted by molar-refractivity contribution is 7.12. The molecule has 1 heterocycles. The van der Waals surface area contributed by atoms with Crippen molar-refractivity contribution in [3.05, 3.63) is 16.3 Å². The summed E-state index contributed by atoms with van der Waals surface area (Å²) in [5, 5.41) is 15.8. The van der Waals surface area contributed by atoms with Crippen LogP contribution in [0, 0.1) is 0 Å². The number of methoxy groups -OCH3 is 1. The third-order valence-corrected chi connectivity index (χ3v) is 3.22. The maximum absolute atomic E-state index is 11.8. The van der Waals surface area contributed by atoms with Crippen LogP contribution in [0.1, 0.15) is 28.9 Å². The molecule has 4 N–H and O–H groups in total. The van der Waals surface area contributed by atoms with Crippen molar-refractivity contribution in [1.29, 1.82) is 0 Å². The Balaban J connectivity index is 2.26. The van der Waals surface area contributed by atoms with Gasteiger partial charge in [0.05, 0.1) is 7.11 Å². The normalized spacial score (nSPS) is 11.3. The molecule has 0 aliphatic carbocycles. The van der Waals surface area contributed by atoms with Crippen molar-refractivity contribution in [2.75, 3.05) is 13.7 Å². The fourth-order valence-corrected chi connectivity index (χ4v) is 2.16. The molecule has 1 amide bonds. The van der Waals surface area contributed by atoms with Crippen LogP contribution in [0.25, 0.3) is 0 Å². The van der Waals surface area contributed by atoms with Crippen LogP contribution in [-0.2, 0) is 0 Å². The van der Waals surface area contributed by atoms with E-state index in [2.05, 4.69) is 10.5 Å². The van der Waals surface area contributed by atoms with E-state index >= 15 is 0 Å². The predicted octanol–water partition coefficient (Wildman–Crippen LogP) is 1.40. The van der Waals surface area contributed by atoms with Crippen LogP contribution in [0.2, 0.25) is 0 Å². The predicted molar refractivity (Wildman–Crippen MR) is 70.5 cm³/mol. The van der Waals surface area contributed by atoms with Gasteiger partial charge in [-0.3, -0.25) is 4.79 Å². The maximum Gasteiger partial charge on any atom is 0.265 e. The summed E-state index contributed by atoms with van der Waals surface area (Å²) in [7, 11) is 1.54. The summed E-state index contributed by atoms with van der Waals surface area (Å²) in [5.41, 5.74) is 5.33. The quantitative estimate of drug-likeness (QED) is 0.229. The molecule has 0 unspecified atom stereocenters. The Morgan fingerprint density at radius 2 is 2.39 bits per heavy atom. The van der Waals surface area contributed by atoms with Gasteiger partial charge >= 0.3 is 0 Å². The molecule has 100 valence electrons. The maximum atomic E-state index is 11.8. The Bertz CT molecular complexity index is 417. The van der Waals surface area contributed by atoms with Crippen molar-refractivity contribution in [2.45, 2.75) is 19.3 Å². The number of nitrogens with zero attached hydrogens (tertiary/aromatic N) is 1. The second-order valence-corrected chi connectivity index (χ2v) is 4.54. The van der Waals surface area contributed by atoms with Crippen molar-refractivity contribution < 1.29 is 14.7 Å². The van der Waals surface area contributed by atoms with Crippen molar-refractivity contribution >= 4 is 23.1 Å². The third-order valence-electron chi connectivity index (χ3n) is 2.33.